The monoisotopic (exact) mass is 226 g/mol. The molecular formula is C14H30N2. The number of hydrogen-bond donors (Lipinski definition) is 2. The zero-order valence-electron chi connectivity index (χ0n) is 11.4. The van der Waals surface area contributed by atoms with E-state index in [-0.39, 0.29) is 0 Å². The van der Waals surface area contributed by atoms with Gasteiger partial charge in [-0.15, -0.1) is 0 Å². The minimum atomic E-state index is 0.631. The van der Waals surface area contributed by atoms with E-state index >= 15 is 0 Å². The molecule has 2 heteroatoms. The molecule has 0 aromatic heterocycles. The van der Waals surface area contributed by atoms with E-state index in [1.165, 1.54) is 51.6 Å². The van der Waals surface area contributed by atoms with Crippen molar-refractivity contribution in [3.8, 4) is 0 Å². The standard InChI is InChI=1S/C14H30N2/c1-4-14(8-7-9-14)12-15-10-5-6-11-16-13(2)3/h13,15-16H,4-12H2,1-3H3. The van der Waals surface area contributed by atoms with Gasteiger partial charge in [-0.1, -0.05) is 27.2 Å². The second-order valence-electron chi connectivity index (χ2n) is 5.70. The van der Waals surface area contributed by atoms with Gasteiger partial charge in [-0.3, -0.25) is 0 Å². The molecule has 96 valence electrons. The maximum atomic E-state index is 3.64. The molecule has 1 aliphatic rings. The summed E-state index contributed by atoms with van der Waals surface area (Å²) in [5.74, 6) is 0. The van der Waals surface area contributed by atoms with Crippen LogP contribution in [0.2, 0.25) is 0 Å². The zero-order chi connectivity index (χ0) is 11.9. The Morgan fingerprint density at radius 3 is 2.31 bits per heavy atom. The van der Waals surface area contributed by atoms with Gasteiger partial charge < -0.3 is 10.6 Å². The molecule has 0 unspecified atom stereocenters. The highest BCUT2D eigenvalue weighted by Crippen LogP contribution is 2.42. The topological polar surface area (TPSA) is 24.1 Å². The van der Waals surface area contributed by atoms with Gasteiger partial charge in [0.25, 0.3) is 0 Å². The first kappa shape index (κ1) is 14.0. The van der Waals surface area contributed by atoms with Gasteiger partial charge in [0, 0.05) is 12.6 Å². The summed E-state index contributed by atoms with van der Waals surface area (Å²) < 4.78 is 0. The highest BCUT2D eigenvalue weighted by molar-refractivity contribution is 4.88. The Labute approximate surface area is 102 Å². The van der Waals surface area contributed by atoms with Crippen LogP contribution in [0.3, 0.4) is 0 Å². The van der Waals surface area contributed by atoms with E-state index in [1.54, 1.807) is 0 Å². The van der Waals surface area contributed by atoms with Crippen molar-refractivity contribution in [2.75, 3.05) is 19.6 Å². The fraction of sp³-hybridized carbons (Fsp3) is 1.00. The summed E-state index contributed by atoms with van der Waals surface area (Å²) in [6.07, 6.45) is 8.31. The Bertz CT molecular complexity index is 168. The first-order chi connectivity index (χ1) is 7.68. The van der Waals surface area contributed by atoms with E-state index in [0.29, 0.717) is 11.5 Å². The van der Waals surface area contributed by atoms with E-state index in [0.717, 1.165) is 6.54 Å². The van der Waals surface area contributed by atoms with Gasteiger partial charge in [-0.2, -0.15) is 0 Å². The lowest BCUT2D eigenvalue weighted by molar-refractivity contribution is 0.124. The second kappa shape index (κ2) is 7.29. The van der Waals surface area contributed by atoms with Gasteiger partial charge in [0.15, 0.2) is 0 Å². The number of nitrogens with one attached hydrogen (secondary N) is 2. The Morgan fingerprint density at radius 1 is 1.12 bits per heavy atom. The molecule has 0 bridgehead atoms. The second-order valence-corrected chi connectivity index (χ2v) is 5.70. The third-order valence-electron chi connectivity index (χ3n) is 4.00. The fourth-order valence-electron chi connectivity index (χ4n) is 2.45. The first-order valence-corrected chi connectivity index (χ1v) is 7.13. The number of rotatable bonds is 9. The zero-order valence-corrected chi connectivity index (χ0v) is 11.4. The molecule has 0 amide bonds. The summed E-state index contributed by atoms with van der Waals surface area (Å²) in [6.45, 7) is 10.4. The molecule has 0 radical (unpaired) electrons. The van der Waals surface area contributed by atoms with Gasteiger partial charge in [0.1, 0.15) is 0 Å². The molecule has 1 saturated carbocycles. The molecular weight excluding hydrogens is 196 g/mol. The molecule has 1 rings (SSSR count). The molecule has 1 fully saturated rings. The number of hydrogen-bond acceptors (Lipinski definition) is 2. The number of unbranched alkanes of at least 4 members (excludes halogenated alkanes) is 1. The Kier molecular flexibility index (Phi) is 6.37. The average molecular weight is 226 g/mol. The van der Waals surface area contributed by atoms with Crippen molar-refractivity contribution in [3.05, 3.63) is 0 Å². The largest absolute Gasteiger partial charge is 0.316 e. The lowest BCUT2D eigenvalue weighted by Crippen LogP contribution is -2.39. The highest BCUT2D eigenvalue weighted by atomic mass is 14.9. The Morgan fingerprint density at radius 2 is 1.81 bits per heavy atom. The lowest BCUT2D eigenvalue weighted by Gasteiger charge is -2.41. The third kappa shape index (κ3) is 4.84. The molecule has 1 aliphatic carbocycles. The molecule has 0 spiro atoms. The molecule has 16 heavy (non-hydrogen) atoms. The molecule has 2 N–H and O–H groups in total. The van der Waals surface area contributed by atoms with Crippen LogP contribution < -0.4 is 10.6 Å². The first-order valence-electron chi connectivity index (χ1n) is 7.13. The predicted molar refractivity (Wildman–Crippen MR) is 71.8 cm³/mol. The van der Waals surface area contributed by atoms with Crippen LogP contribution in [0.4, 0.5) is 0 Å². The quantitative estimate of drug-likeness (QED) is 0.591. The molecule has 0 aliphatic heterocycles. The average Bonchev–Trinajstić information content (AvgIpc) is 2.19. The highest BCUT2D eigenvalue weighted by Gasteiger charge is 2.34. The SMILES string of the molecule is CCC1(CNCCCCNC(C)C)CCC1. The normalized spacial score (nSPS) is 18.8. The van der Waals surface area contributed by atoms with Crippen molar-refractivity contribution >= 4 is 0 Å². The summed E-state index contributed by atoms with van der Waals surface area (Å²) in [4.78, 5) is 0. The minimum Gasteiger partial charge on any atom is -0.316 e. The molecule has 0 atom stereocenters. The van der Waals surface area contributed by atoms with Crippen LogP contribution >= 0.6 is 0 Å². The smallest absolute Gasteiger partial charge is 0.00103 e. The van der Waals surface area contributed by atoms with E-state index < -0.39 is 0 Å². The van der Waals surface area contributed by atoms with E-state index in [1.807, 2.05) is 0 Å². The van der Waals surface area contributed by atoms with Crippen LogP contribution in [0.25, 0.3) is 0 Å². The Hall–Kier alpha value is -0.0800. The molecule has 0 saturated heterocycles. The molecule has 2 nitrogen and oxygen atoms in total. The van der Waals surface area contributed by atoms with Crippen LogP contribution in [0.15, 0.2) is 0 Å². The van der Waals surface area contributed by atoms with Gasteiger partial charge in [0.05, 0.1) is 0 Å². The summed E-state index contributed by atoms with van der Waals surface area (Å²) in [5.41, 5.74) is 0.677. The van der Waals surface area contributed by atoms with Crippen molar-refractivity contribution in [2.45, 2.75) is 65.3 Å². The fourth-order valence-corrected chi connectivity index (χ4v) is 2.45. The lowest BCUT2D eigenvalue weighted by atomic mass is 9.67. The maximum absolute atomic E-state index is 3.64. The van der Waals surface area contributed by atoms with Gasteiger partial charge >= 0.3 is 0 Å². The molecule has 0 aromatic carbocycles. The third-order valence-corrected chi connectivity index (χ3v) is 4.00. The van der Waals surface area contributed by atoms with Crippen LogP contribution in [0, 0.1) is 5.41 Å². The van der Waals surface area contributed by atoms with Gasteiger partial charge in [-0.25, -0.2) is 0 Å². The van der Waals surface area contributed by atoms with Crippen LogP contribution in [0.1, 0.15) is 59.3 Å². The van der Waals surface area contributed by atoms with E-state index in [2.05, 4.69) is 31.4 Å². The van der Waals surface area contributed by atoms with Crippen molar-refractivity contribution in [1.29, 1.82) is 0 Å². The summed E-state index contributed by atoms with van der Waals surface area (Å²) in [5, 5.41) is 7.10. The van der Waals surface area contributed by atoms with Crippen molar-refractivity contribution < 1.29 is 0 Å². The minimum absolute atomic E-state index is 0.631. The summed E-state index contributed by atoms with van der Waals surface area (Å²) in [6, 6.07) is 0.631. The van der Waals surface area contributed by atoms with E-state index in [9.17, 15) is 0 Å². The van der Waals surface area contributed by atoms with Crippen LogP contribution in [-0.4, -0.2) is 25.7 Å². The predicted octanol–water partition coefficient (Wildman–Crippen LogP) is 2.93. The van der Waals surface area contributed by atoms with Crippen LogP contribution in [-0.2, 0) is 0 Å². The van der Waals surface area contributed by atoms with Crippen LogP contribution in [0.5, 0.6) is 0 Å². The van der Waals surface area contributed by atoms with Crippen molar-refractivity contribution in [1.82, 2.24) is 10.6 Å². The summed E-state index contributed by atoms with van der Waals surface area (Å²) in [7, 11) is 0. The van der Waals surface area contributed by atoms with Crippen molar-refractivity contribution in [3.63, 3.8) is 0 Å². The van der Waals surface area contributed by atoms with Gasteiger partial charge in [-0.05, 0) is 50.6 Å². The van der Waals surface area contributed by atoms with Gasteiger partial charge in [0.2, 0.25) is 0 Å². The van der Waals surface area contributed by atoms with E-state index in [4.69, 9.17) is 0 Å². The Balaban J connectivity index is 1.88. The molecule has 0 heterocycles. The maximum Gasteiger partial charge on any atom is 0.00103 e. The van der Waals surface area contributed by atoms with Crippen molar-refractivity contribution in [2.24, 2.45) is 5.41 Å². The molecule has 0 aromatic rings. The summed E-state index contributed by atoms with van der Waals surface area (Å²) >= 11 is 0.